The molecule has 0 spiro atoms. The predicted molar refractivity (Wildman–Crippen MR) is 333 cm³/mol. The number of anilines is 3. The SMILES string of the molecule is CC(C)(C)c1cc(-c2cc(C(C)(C)C)cc(C(C)(C)C)c2)cc(-c2cc(C(C)(C)C)cc(N(c3ccc(-c4cc(C(C)(C)C)cc(C(C)(C)C)c4)cc3)c3ccc4c(c3)C(C)(C)c3ccccc3-4)c2-c2ccccc2)c1. The Morgan fingerprint density at radius 2 is 0.671 bits per heavy atom. The Hall–Kier alpha value is -6.44. The average molecular weight is 1000 g/mol. The van der Waals surface area contributed by atoms with Gasteiger partial charge in [-0.2, -0.15) is 0 Å². The van der Waals surface area contributed by atoms with Crippen molar-refractivity contribution in [2.75, 3.05) is 4.90 Å². The van der Waals surface area contributed by atoms with E-state index in [0.717, 1.165) is 17.1 Å². The molecule has 0 radical (unpaired) electrons. The van der Waals surface area contributed by atoms with Gasteiger partial charge in [0, 0.05) is 22.4 Å². The van der Waals surface area contributed by atoms with Crippen LogP contribution in [0.3, 0.4) is 0 Å². The fourth-order valence-electron chi connectivity index (χ4n) is 11.1. The van der Waals surface area contributed by atoms with Gasteiger partial charge in [-0.05, 0) is 170 Å². The van der Waals surface area contributed by atoms with Crippen molar-refractivity contribution >= 4 is 17.1 Å². The molecule has 0 aliphatic heterocycles. The lowest BCUT2D eigenvalue weighted by molar-refractivity contribution is 0.568. The zero-order valence-corrected chi connectivity index (χ0v) is 50.0. The van der Waals surface area contributed by atoms with Crippen LogP contribution in [0.15, 0.2) is 164 Å². The van der Waals surface area contributed by atoms with Crippen molar-refractivity contribution in [2.45, 2.75) is 176 Å². The highest BCUT2D eigenvalue weighted by molar-refractivity contribution is 5.99. The quantitative estimate of drug-likeness (QED) is 0.154. The van der Waals surface area contributed by atoms with Crippen molar-refractivity contribution < 1.29 is 0 Å². The normalized spacial score (nSPS) is 13.9. The predicted octanol–water partition coefficient (Wildman–Crippen LogP) is 21.9. The molecule has 0 unspecified atom stereocenters. The summed E-state index contributed by atoms with van der Waals surface area (Å²) in [5.74, 6) is 0. The van der Waals surface area contributed by atoms with Crippen molar-refractivity contribution in [1.29, 1.82) is 0 Å². The Morgan fingerprint density at radius 3 is 1.17 bits per heavy atom. The molecule has 1 aliphatic carbocycles. The second-order valence-electron chi connectivity index (χ2n) is 29.0. The summed E-state index contributed by atoms with van der Waals surface area (Å²) in [4.78, 5) is 2.58. The van der Waals surface area contributed by atoms with Gasteiger partial charge in [-0.3, -0.25) is 0 Å². The van der Waals surface area contributed by atoms with Gasteiger partial charge in [-0.1, -0.05) is 260 Å². The van der Waals surface area contributed by atoms with Gasteiger partial charge < -0.3 is 4.90 Å². The lowest BCUT2D eigenvalue weighted by Crippen LogP contribution is -2.18. The van der Waals surface area contributed by atoms with E-state index in [1.807, 2.05) is 0 Å². The average Bonchev–Trinajstić information content (AvgIpc) is 3.57. The lowest BCUT2D eigenvalue weighted by atomic mass is 9.77. The minimum Gasteiger partial charge on any atom is -0.310 e. The zero-order chi connectivity index (χ0) is 55.3. The van der Waals surface area contributed by atoms with Crippen LogP contribution in [0.1, 0.15) is 183 Å². The van der Waals surface area contributed by atoms with Crippen molar-refractivity contribution in [3.8, 4) is 55.6 Å². The maximum absolute atomic E-state index is 2.58. The Kier molecular flexibility index (Phi) is 13.5. The van der Waals surface area contributed by atoms with E-state index in [1.54, 1.807) is 0 Å². The van der Waals surface area contributed by atoms with Crippen LogP contribution in [0.25, 0.3) is 55.6 Å². The van der Waals surface area contributed by atoms with Crippen LogP contribution in [-0.4, -0.2) is 0 Å². The maximum atomic E-state index is 2.58. The van der Waals surface area contributed by atoms with Crippen molar-refractivity contribution in [2.24, 2.45) is 0 Å². The number of hydrogen-bond donors (Lipinski definition) is 0. The van der Waals surface area contributed by atoms with E-state index in [2.05, 4.69) is 307 Å². The molecule has 0 N–H and O–H groups in total. The Morgan fingerprint density at radius 1 is 0.276 bits per heavy atom. The largest absolute Gasteiger partial charge is 0.310 e. The number of hydrogen-bond acceptors (Lipinski definition) is 1. The van der Waals surface area contributed by atoms with Crippen molar-refractivity contribution in [1.82, 2.24) is 0 Å². The van der Waals surface area contributed by atoms with Gasteiger partial charge in [-0.25, -0.2) is 0 Å². The van der Waals surface area contributed by atoms with E-state index in [-0.39, 0.29) is 37.9 Å². The molecule has 8 aromatic carbocycles. The van der Waals surface area contributed by atoms with Crippen LogP contribution in [0.5, 0.6) is 0 Å². The molecule has 1 heteroatoms. The smallest absolute Gasteiger partial charge is 0.0549 e. The highest BCUT2D eigenvalue weighted by Gasteiger charge is 2.37. The molecular weight excluding hydrogens is 915 g/mol. The highest BCUT2D eigenvalue weighted by atomic mass is 15.1. The summed E-state index contributed by atoms with van der Waals surface area (Å²) in [5, 5.41) is 0. The summed E-state index contributed by atoms with van der Waals surface area (Å²) in [6.45, 7) is 47.0. The van der Waals surface area contributed by atoms with Crippen LogP contribution < -0.4 is 4.90 Å². The molecule has 1 nitrogen and oxygen atoms in total. The minimum absolute atomic E-state index is 0.0103. The van der Waals surface area contributed by atoms with E-state index in [1.165, 1.54) is 100 Å². The molecule has 0 heterocycles. The minimum atomic E-state index is -0.179. The Bertz CT molecular complexity index is 3400. The second-order valence-corrected chi connectivity index (χ2v) is 29.0. The summed E-state index contributed by atoms with van der Waals surface area (Å²) < 4.78 is 0. The molecule has 76 heavy (non-hydrogen) atoms. The summed E-state index contributed by atoms with van der Waals surface area (Å²) in [7, 11) is 0. The first kappa shape index (κ1) is 54.4. The molecule has 0 aromatic heterocycles. The van der Waals surface area contributed by atoms with Gasteiger partial charge in [0.15, 0.2) is 0 Å². The van der Waals surface area contributed by atoms with Gasteiger partial charge in [-0.15, -0.1) is 0 Å². The van der Waals surface area contributed by atoms with Gasteiger partial charge in [0.25, 0.3) is 0 Å². The van der Waals surface area contributed by atoms with Crippen LogP contribution in [-0.2, 0) is 37.9 Å². The molecule has 0 saturated carbocycles. The monoisotopic (exact) mass is 1000 g/mol. The molecule has 1 aliphatic rings. The Labute approximate surface area is 459 Å². The summed E-state index contributed by atoms with van der Waals surface area (Å²) in [6, 6.07) is 64.0. The molecule has 0 bridgehead atoms. The van der Waals surface area contributed by atoms with Gasteiger partial charge in [0.05, 0.1) is 5.69 Å². The van der Waals surface area contributed by atoms with Gasteiger partial charge >= 0.3 is 0 Å². The van der Waals surface area contributed by atoms with Crippen molar-refractivity contribution in [3.05, 3.63) is 208 Å². The fraction of sp³-hybridized carbons (Fsp3) is 0.360. The summed E-state index contributed by atoms with van der Waals surface area (Å²) in [6.07, 6.45) is 0. The summed E-state index contributed by atoms with van der Waals surface area (Å²) >= 11 is 0. The highest BCUT2D eigenvalue weighted by Crippen LogP contribution is 2.53. The van der Waals surface area contributed by atoms with E-state index >= 15 is 0 Å². The number of rotatable bonds is 7. The van der Waals surface area contributed by atoms with Gasteiger partial charge in [0.1, 0.15) is 0 Å². The number of nitrogens with zero attached hydrogens (tertiary/aromatic N) is 1. The van der Waals surface area contributed by atoms with E-state index in [4.69, 9.17) is 0 Å². The van der Waals surface area contributed by atoms with Crippen LogP contribution >= 0.6 is 0 Å². The third-order valence-corrected chi connectivity index (χ3v) is 16.3. The molecule has 9 rings (SSSR count). The fourth-order valence-corrected chi connectivity index (χ4v) is 11.1. The molecular formula is C75H87N. The Balaban J connectivity index is 1.37. The van der Waals surface area contributed by atoms with Gasteiger partial charge in [0.2, 0.25) is 0 Å². The van der Waals surface area contributed by atoms with E-state index in [0.29, 0.717) is 0 Å². The molecule has 0 amide bonds. The topological polar surface area (TPSA) is 3.24 Å². The first-order valence-electron chi connectivity index (χ1n) is 28.1. The first-order chi connectivity index (χ1) is 35.2. The molecule has 0 saturated heterocycles. The van der Waals surface area contributed by atoms with E-state index < -0.39 is 0 Å². The molecule has 392 valence electrons. The van der Waals surface area contributed by atoms with E-state index in [9.17, 15) is 0 Å². The lowest BCUT2D eigenvalue weighted by Gasteiger charge is -2.33. The molecule has 0 atom stereocenters. The third kappa shape index (κ3) is 10.7. The molecule has 0 fully saturated rings. The molecule has 8 aromatic rings. The standard InChI is InChI=1S/C75H87N/c1-69(2,3)54-37-50(52-40-57(72(10,11)12)44-58(41-52)73(13,14)15)36-53(42-54)64-45-59(74(16,17)18)46-67(68(64)49-26-22-21-23-27-49)76(61-34-35-63-62-28-24-25-29-65(62)75(19,20)66(63)47-61)60-32-30-48(31-33-60)51-38-55(70(4,5)6)43-56(39-51)71(7,8)9/h21-47H,1-20H3. The second kappa shape index (κ2) is 18.9. The number of benzene rings is 8. The number of fused-ring (bicyclic) bond motifs is 3. The third-order valence-electron chi connectivity index (χ3n) is 16.3. The van der Waals surface area contributed by atoms with Crippen molar-refractivity contribution in [3.63, 3.8) is 0 Å². The summed E-state index contributed by atoms with van der Waals surface area (Å²) in [5.41, 5.74) is 26.2. The first-order valence-corrected chi connectivity index (χ1v) is 28.1. The van der Waals surface area contributed by atoms with Crippen LogP contribution in [0.4, 0.5) is 17.1 Å². The van der Waals surface area contributed by atoms with Crippen LogP contribution in [0, 0.1) is 0 Å². The maximum Gasteiger partial charge on any atom is 0.0549 e. The van der Waals surface area contributed by atoms with Crippen LogP contribution in [0.2, 0.25) is 0 Å². The zero-order valence-electron chi connectivity index (χ0n) is 50.0.